The molecule has 1 aliphatic heterocycles. The lowest BCUT2D eigenvalue weighted by molar-refractivity contribution is 0.410. The molecule has 1 saturated heterocycles. The summed E-state index contributed by atoms with van der Waals surface area (Å²) < 4.78 is 5.47. The van der Waals surface area contributed by atoms with Gasteiger partial charge in [0.05, 0.1) is 7.11 Å². The molecule has 2 heteroatoms. The molecule has 3 rings (SSSR count). The van der Waals surface area contributed by atoms with Gasteiger partial charge in [0, 0.05) is 0 Å². The van der Waals surface area contributed by atoms with E-state index in [2.05, 4.69) is 17.4 Å². The van der Waals surface area contributed by atoms with Crippen molar-refractivity contribution in [3.8, 4) is 5.75 Å². The Bertz CT molecular complexity index is 408. The first-order valence-corrected chi connectivity index (χ1v) is 6.77. The Morgan fingerprint density at radius 3 is 2.94 bits per heavy atom. The maximum Gasteiger partial charge on any atom is 0.122 e. The van der Waals surface area contributed by atoms with E-state index in [1.165, 1.54) is 50.8 Å². The van der Waals surface area contributed by atoms with Crippen molar-refractivity contribution in [2.75, 3.05) is 20.2 Å². The summed E-state index contributed by atoms with van der Waals surface area (Å²) in [5, 5.41) is 3.46. The minimum Gasteiger partial charge on any atom is -0.496 e. The van der Waals surface area contributed by atoms with E-state index >= 15 is 0 Å². The average Bonchev–Trinajstić information content (AvgIpc) is 2.99. The van der Waals surface area contributed by atoms with Crippen LogP contribution < -0.4 is 10.1 Å². The fourth-order valence-electron chi connectivity index (χ4n) is 3.33. The van der Waals surface area contributed by atoms with E-state index in [1.807, 2.05) is 0 Å². The molecule has 1 aromatic rings. The van der Waals surface area contributed by atoms with Gasteiger partial charge in [-0.15, -0.1) is 0 Å². The molecule has 0 saturated carbocycles. The molecule has 1 heterocycles. The molecule has 2 nitrogen and oxygen atoms in total. The molecule has 1 aromatic carbocycles. The van der Waals surface area contributed by atoms with Crippen molar-refractivity contribution in [2.24, 2.45) is 5.92 Å². The Kier molecular flexibility index (Phi) is 3.06. The van der Waals surface area contributed by atoms with Gasteiger partial charge in [0.2, 0.25) is 0 Å². The standard InChI is InChI=1S/C15H21NO/c1-17-15-6-5-12(9-11-7-8-16-10-11)13-3-2-4-14(13)15/h5-6,11,16H,2-4,7-10H2,1H3. The topological polar surface area (TPSA) is 21.3 Å². The van der Waals surface area contributed by atoms with E-state index in [0.29, 0.717) is 0 Å². The summed E-state index contributed by atoms with van der Waals surface area (Å²) in [6, 6.07) is 4.46. The molecule has 17 heavy (non-hydrogen) atoms. The van der Waals surface area contributed by atoms with Crippen molar-refractivity contribution in [2.45, 2.75) is 32.1 Å². The fourth-order valence-corrected chi connectivity index (χ4v) is 3.33. The molecule has 1 unspecified atom stereocenters. The van der Waals surface area contributed by atoms with Gasteiger partial charge in [-0.25, -0.2) is 0 Å². The second-order valence-corrected chi connectivity index (χ2v) is 5.30. The average molecular weight is 231 g/mol. The molecule has 0 spiro atoms. The first kappa shape index (κ1) is 11.1. The third-order valence-corrected chi connectivity index (χ3v) is 4.23. The summed E-state index contributed by atoms with van der Waals surface area (Å²) in [6.07, 6.45) is 6.34. The summed E-state index contributed by atoms with van der Waals surface area (Å²) in [7, 11) is 1.79. The Morgan fingerprint density at radius 1 is 1.29 bits per heavy atom. The van der Waals surface area contributed by atoms with E-state index in [0.717, 1.165) is 11.7 Å². The lowest BCUT2D eigenvalue weighted by atomic mass is 9.93. The zero-order valence-corrected chi connectivity index (χ0v) is 10.6. The number of rotatable bonds is 3. The summed E-state index contributed by atoms with van der Waals surface area (Å²) in [5.41, 5.74) is 4.65. The quantitative estimate of drug-likeness (QED) is 0.862. The third-order valence-electron chi connectivity index (χ3n) is 4.23. The van der Waals surface area contributed by atoms with Crippen LogP contribution in [0.4, 0.5) is 0 Å². The number of nitrogens with one attached hydrogen (secondary N) is 1. The summed E-state index contributed by atoms with van der Waals surface area (Å²) in [6.45, 7) is 2.39. The van der Waals surface area contributed by atoms with Gasteiger partial charge < -0.3 is 10.1 Å². The predicted molar refractivity (Wildman–Crippen MR) is 69.7 cm³/mol. The van der Waals surface area contributed by atoms with Gasteiger partial charge in [-0.2, -0.15) is 0 Å². The highest BCUT2D eigenvalue weighted by molar-refractivity contribution is 5.48. The minimum absolute atomic E-state index is 0.841. The number of benzene rings is 1. The van der Waals surface area contributed by atoms with Gasteiger partial charge in [0.15, 0.2) is 0 Å². The van der Waals surface area contributed by atoms with E-state index in [1.54, 1.807) is 18.2 Å². The molecule has 0 amide bonds. The number of ether oxygens (including phenoxy) is 1. The summed E-state index contributed by atoms with van der Waals surface area (Å²) >= 11 is 0. The van der Waals surface area contributed by atoms with Gasteiger partial charge in [-0.3, -0.25) is 0 Å². The molecule has 1 aliphatic carbocycles. The third kappa shape index (κ3) is 2.06. The van der Waals surface area contributed by atoms with Crippen LogP contribution in [-0.2, 0) is 19.3 Å². The molecule has 0 bridgehead atoms. The summed E-state index contributed by atoms with van der Waals surface area (Å²) in [5.74, 6) is 1.94. The molecule has 1 N–H and O–H groups in total. The smallest absolute Gasteiger partial charge is 0.122 e. The van der Waals surface area contributed by atoms with Crippen LogP contribution in [-0.4, -0.2) is 20.2 Å². The monoisotopic (exact) mass is 231 g/mol. The Morgan fingerprint density at radius 2 is 2.18 bits per heavy atom. The number of methoxy groups -OCH3 is 1. The molecule has 1 atom stereocenters. The van der Waals surface area contributed by atoms with Crippen molar-refractivity contribution >= 4 is 0 Å². The Labute approximate surface area is 103 Å². The Hall–Kier alpha value is -1.02. The fraction of sp³-hybridized carbons (Fsp3) is 0.600. The molecular weight excluding hydrogens is 210 g/mol. The number of hydrogen-bond acceptors (Lipinski definition) is 2. The number of hydrogen-bond donors (Lipinski definition) is 1. The van der Waals surface area contributed by atoms with E-state index in [-0.39, 0.29) is 0 Å². The largest absolute Gasteiger partial charge is 0.496 e. The van der Waals surface area contributed by atoms with Crippen molar-refractivity contribution in [1.29, 1.82) is 0 Å². The maximum atomic E-state index is 5.47. The lowest BCUT2D eigenvalue weighted by Crippen LogP contribution is -2.11. The van der Waals surface area contributed by atoms with E-state index in [4.69, 9.17) is 4.74 Å². The van der Waals surface area contributed by atoms with Crippen LogP contribution in [0.5, 0.6) is 5.75 Å². The highest BCUT2D eigenvalue weighted by Crippen LogP contribution is 2.34. The molecule has 1 fully saturated rings. The normalized spacial score (nSPS) is 22.8. The van der Waals surface area contributed by atoms with Crippen LogP contribution in [0.3, 0.4) is 0 Å². The second-order valence-electron chi connectivity index (χ2n) is 5.30. The summed E-state index contributed by atoms with van der Waals surface area (Å²) in [4.78, 5) is 0. The molecule has 92 valence electrons. The SMILES string of the molecule is COc1ccc(CC2CCNC2)c2c1CCC2. The highest BCUT2D eigenvalue weighted by atomic mass is 16.5. The first-order valence-electron chi connectivity index (χ1n) is 6.77. The van der Waals surface area contributed by atoms with Crippen LogP contribution in [0.15, 0.2) is 12.1 Å². The van der Waals surface area contributed by atoms with Crippen molar-refractivity contribution in [1.82, 2.24) is 5.32 Å². The highest BCUT2D eigenvalue weighted by Gasteiger charge is 2.22. The van der Waals surface area contributed by atoms with Crippen LogP contribution >= 0.6 is 0 Å². The van der Waals surface area contributed by atoms with Crippen LogP contribution in [0.1, 0.15) is 29.5 Å². The zero-order valence-electron chi connectivity index (χ0n) is 10.6. The van der Waals surface area contributed by atoms with Gasteiger partial charge in [-0.05, 0) is 73.9 Å². The van der Waals surface area contributed by atoms with Crippen LogP contribution in [0, 0.1) is 5.92 Å². The molecule has 2 aliphatic rings. The Balaban J connectivity index is 1.87. The van der Waals surface area contributed by atoms with Gasteiger partial charge in [-0.1, -0.05) is 6.07 Å². The van der Waals surface area contributed by atoms with E-state index < -0.39 is 0 Å². The van der Waals surface area contributed by atoms with Gasteiger partial charge in [0.1, 0.15) is 5.75 Å². The van der Waals surface area contributed by atoms with Crippen molar-refractivity contribution in [3.05, 3.63) is 28.8 Å². The molecule has 0 aromatic heterocycles. The molecule has 0 radical (unpaired) electrons. The van der Waals surface area contributed by atoms with Crippen LogP contribution in [0.2, 0.25) is 0 Å². The van der Waals surface area contributed by atoms with Crippen molar-refractivity contribution in [3.63, 3.8) is 0 Å². The predicted octanol–water partition coefficient (Wildman–Crippen LogP) is 2.34. The first-order chi connectivity index (χ1) is 8.38. The van der Waals surface area contributed by atoms with E-state index in [9.17, 15) is 0 Å². The second kappa shape index (κ2) is 4.69. The maximum absolute atomic E-state index is 5.47. The van der Waals surface area contributed by atoms with Gasteiger partial charge in [0.25, 0.3) is 0 Å². The zero-order chi connectivity index (χ0) is 11.7. The molecular formula is C15H21NO. The van der Waals surface area contributed by atoms with Crippen LogP contribution in [0.25, 0.3) is 0 Å². The van der Waals surface area contributed by atoms with Gasteiger partial charge >= 0.3 is 0 Å². The number of fused-ring (bicyclic) bond motifs is 1. The lowest BCUT2D eigenvalue weighted by Gasteiger charge is -2.15. The minimum atomic E-state index is 0.841. The van der Waals surface area contributed by atoms with Crippen molar-refractivity contribution < 1.29 is 4.74 Å².